The van der Waals surface area contributed by atoms with E-state index in [1.165, 1.54) is 31.3 Å². The molecule has 0 atom stereocenters. The second-order valence-electron chi connectivity index (χ2n) is 6.32. The van der Waals surface area contributed by atoms with Gasteiger partial charge in [0.25, 0.3) is 0 Å². The van der Waals surface area contributed by atoms with Crippen molar-refractivity contribution in [2.75, 3.05) is 6.54 Å². The molecule has 2 aromatic carbocycles. The second-order valence-corrected chi connectivity index (χ2v) is 8.09. The van der Waals surface area contributed by atoms with Crippen LogP contribution in [-0.2, 0) is 29.8 Å². The van der Waals surface area contributed by atoms with Crippen molar-refractivity contribution < 1.29 is 26.0 Å². The summed E-state index contributed by atoms with van der Waals surface area (Å²) in [6.45, 7) is -0.419. The fourth-order valence-electron chi connectivity index (χ4n) is 2.72. The smallest absolute Gasteiger partial charge is 0.278 e. The van der Waals surface area contributed by atoms with Crippen molar-refractivity contribution in [2.45, 2.75) is 17.6 Å². The summed E-state index contributed by atoms with van der Waals surface area (Å²) < 4.78 is 80.6. The number of benzene rings is 2. The molecular formula is C18H16F4N4O3S. The predicted octanol–water partition coefficient (Wildman–Crippen LogP) is 2.39. The lowest BCUT2D eigenvalue weighted by molar-refractivity contribution is -0.137. The van der Waals surface area contributed by atoms with Crippen LogP contribution in [-0.4, -0.2) is 29.3 Å². The van der Waals surface area contributed by atoms with Crippen molar-refractivity contribution in [3.05, 3.63) is 70.4 Å². The van der Waals surface area contributed by atoms with E-state index < -0.39 is 33.3 Å². The molecule has 1 heterocycles. The molecule has 0 aliphatic heterocycles. The zero-order valence-corrected chi connectivity index (χ0v) is 16.3. The third-order valence-electron chi connectivity index (χ3n) is 4.21. The highest BCUT2D eigenvalue weighted by atomic mass is 32.2. The minimum absolute atomic E-state index is 0.000845. The molecule has 3 rings (SSSR count). The Hall–Kier alpha value is -2.99. The largest absolute Gasteiger partial charge is 0.416 e. The highest BCUT2D eigenvalue weighted by Gasteiger charge is 2.31. The number of hydrogen-bond acceptors (Lipinski definition) is 4. The molecule has 1 N–H and O–H groups in total. The Balaban J connectivity index is 1.79. The van der Waals surface area contributed by atoms with Gasteiger partial charge in [-0.05, 0) is 30.3 Å². The van der Waals surface area contributed by atoms with Gasteiger partial charge in [-0.2, -0.15) is 13.2 Å². The highest BCUT2D eigenvalue weighted by molar-refractivity contribution is 7.89. The molecule has 0 radical (unpaired) electrons. The van der Waals surface area contributed by atoms with Crippen molar-refractivity contribution in [3.8, 4) is 11.4 Å². The third-order valence-corrected chi connectivity index (χ3v) is 5.67. The van der Waals surface area contributed by atoms with Gasteiger partial charge in [-0.3, -0.25) is 4.57 Å². The van der Waals surface area contributed by atoms with Gasteiger partial charge >= 0.3 is 11.9 Å². The van der Waals surface area contributed by atoms with E-state index in [0.717, 1.165) is 33.5 Å². The van der Waals surface area contributed by atoms with Crippen LogP contribution in [0.4, 0.5) is 17.6 Å². The summed E-state index contributed by atoms with van der Waals surface area (Å²) in [6, 6.07) is 8.77. The van der Waals surface area contributed by atoms with Crippen molar-refractivity contribution in [1.82, 2.24) is 19.1 Å². The molecule has 0 fully saturated rings. The molecule has 0 saturated heterocycles. The number of nitrogens with zero attached hydrogens (tertiary/aromatic N) is 3. The van der Waals surface area contributed by atoms with Gasteiger partial charge in [0.1, 0.15) is 5.82 Å². The molecule has 0 amide bonds. The summed E-state index contributed by atoms with van der Waals surface area (Å²) in [7, 11) is -2.66. The predicted molar refractivity (Wildman–Crippen MR) is 99.5 cm³/mol. The van der Waals surface area contributed by atoms with Crippen LogP contribution in [0.3, 0.4) is 0 Å². The molecule has 7 nitrogen and oxygen atoms in total. The van der Waals surface area contributed by atoms with E-state index in [9.17, 15) is 30.8 Å². The monoisotopic (exact) mass is 444 g/mol. The summed E-state index contributed by atoms with van der Waals surface area (Å²) in [5.74, 6) is -0.719. The van der Waals surface area contributed by atoms with E-state index in [1.54, 1.807) is 0 Å². The van der Waals surface area contributed by atoms with Crippen LogP contribution in [0.1, 0.15) is 5.56 Å². The first-order chi connectivity index (χ1) is 14.0. The second kappa shape index (κ2) is 8.03. The molecule has 0 aliphatic carbocycles. The van der Waals surface area contributed by atoms with Crippen molar-refractivity contribution in [3.63, 3.8) is 0 Å². The van der Waals surface area contributed by atoms with E-state index in [4.69, 9.17) is 0 Å². The maximum absolute atomic E-state index is 13.2. The number of nitrogens with one attached hydrogen (secondary N) is 1. The van der Waals surface area contributed by atoms with Gasteiger partial charge in [0.05, 0.1) is 17.0 Å². The fraction of sp³-hybridized carbons (Fsp3) is 0.222. The van der Waals surface area contributed by atoms with Crippen LogP contribution in [0.15, 0.2) is 58.2 Å². The molecule has 3 aromatic rings. The minimum atomic E-state index is -4.55. The molecule has 160 valence electrons. The van der Waals surface area contributed by atoms with Crippen LogP contribution in [0.25, 0.3) is 11.4 Å². The molecule has 30 heavy (non-hydrogen) atoms. The van der Waals surface area contributed by atoms with Gasteiger partial charge in [-0.25, -0.2) is 27.0 Å². The molecule has 12 heteroatoms. The lowest BCUT2D eigenvalue weighted by Crippen LogP contribution is -2.31. The number of aromatic nitrogens is 3. The normalized spacial score (nSPS) is 12.3. The van der Waals surface area contributed by atoms with Crippen LogP contribution >= 0.6 is 0 Å². The van der Waals surface area contributed by atoms with Crippen molar-refractivity contribution >= 4 is 10.0 Å². The third kappa shape index (κ3) is 4.60. The number of halogens is 4. The molecular weight excluding hydrogens is 428 g/mol. The molecule has 0 saturated carbocycles. The lowest BCUT2D eigenvalue weighted by Gasteiger charge is -2.08. The zero-order valence-electron chi connectivity index (χ0n) is 15.5. The first-order valence-corrected chi connectivity index (χ1v) is 10.0. The standard InChI is InChI=1S/C18H16F4N4O3S/c1-25-16(12-4-2-5-13(10-12)18(20,21)22)24-26(17(25)27)9-8-23-30(28,29)15-7-3-6-14(19)11-15/h2-7,10-11,23H,8-9H2,1H3. The summed E-state index contributed by atoms with van der Waals surface area (Å²) in [5, 5.41) is 4.01. The zero-order chi connectivity index (χ0) is 22.1. The lowest BCUT2D eigenvalue weighted by atomic mass is 10.1. The topological polar surface area (TPSA) is 86.0 Å². The Morgan fingerprint density at radius 3 is 2.47 bits per heavy atom. The summed E-state index contributed by atoms with van der Waals surface area (Å²) in [4.78, 5) is 12.1. The van der Waals surface area contributed by atoms with Gasteiger partial charge in [-0.15, -0.1) is 5.10 Å². The number of hydrogen-bond donors (Lipinski definition) is 1. The summed E-state index contributed by atoms with van der Waals surface area (Å²) in [6.07, 6.45) is -4.55. The van der Waals surface area contributed by atoms with E-state index in [1.807, 2.05) is 0 Å². The van der Waals surface area contributed by atoms with Gasteiger partial charge in [0, 0.05) is 19.2 Å². The molecule has 0 bridgehead atoms. The molecule has 0 spiro atoms. The average Bonchev–Trinajstić information content (AvgIpc) is 2.96. The number of sulfonamides is 1. The SMILES string of the molecule is Cn1c(-c2cccc(C(F)(F)F)c2)nn(CCNS(=O)(=O)c2cccc(F)c2)c1=O. The Morgan fingerprint density at radius 2 is 1.80 bits per heavy atom. The van der Waals surface area contributed by atoms with E-state index >= 15 is 0 Å². The van der Waals surface area contributed by atoms with Crippen LogP contribution in [0.5, 0.6) is 0 Å². The van der Waals surface area contributed by atoms with Crippen LogP contribution in [0, 0.1) is 5.82 Å². The fourth-order valence-corrected chi connectivity index (χ4v) is 3.78. The first-order valence-electron chi connectivity index (χ1n) is 8.56. The van der Waals surface area contributed by atoms with Crippen LogP contribution < -0.4 is 10.4 Å². The number of rotatable bonds is 6. The van der Waals surface area contributed by atoms with E-state index in [-0.39, 0.29) is 29.4 Å². The Labute approximate surface area is 168 Å². The van der Waals surface area contributed by atoms with Gasteiger partial charge in [0.15, 0.2) is 5.82 Å². The average molecular weight is 444 g/mol. The van der Waals surface area contributed by atoms with E-state index in [0.29, 0.717) is 0 Å². The maximum Gasteiger partial charge on any atom is 0.416 e. The van der Waals surface area contributed by atoms with Gasteiger partial charge in [0.2, 0.25) is 10.0 Å². The molecule has 0 unspecified atom stereocenters. The van der Waals surface area contributed by atoms with Gasteiger partial charge in [-0.1, -0.05) is 18.2 Å². The summed E-state index contributed by atoms with van der Waals surface area (Å²) in [5.41, 5.74) is -1.43. The Kier molecular flexibility index (Phi) is 5.81. The summed E-state index contributed by atoms with van der Waals surface area (Å²) >= 11 is 0. The minimum Gasteiger partial charge on any atom is -0.278 e. The number of alkyl halides is 3. The van der Waals surface area contributed by atoms with Crippen molar-refractivity contribution in [2.24, 2.45) is 7.05 Å². The highest BCUT2D eigenvalue weighted by Crippen LogP contribution is 2.31. The maximum atomic E-state index is 13.2. The molecule has 1 aromatic heterocycles. The molecule has 0 aliphatic rings. The Morgan fingerprint density at radius 1 is 1.10 bits per heavy atom. The van der Waals surface area contributed by atoms with Gasteiger partial charge < -0.3 is 0 Å². The Bertz CT molecular complexity index is 1230. The van der Waals surface area contributed by atoms with Crippen molar-refractivity contribution in [1.29, 1.82) is 0 Å². The quantitative estimate of drug-likeness (QED) is 0.592. The van der Waals surface area contributed by atoms with Crippen LogP contribution in [0.2, 0.25) is 0 Å². The first kappa shape index (κ1) is 21.7. The van der Waals surface area contributed by atoms with E-state index in [2.05, 4.69) is 9.82 Å².